The largest absolute Gasteiger partial charge is 0.488 e. The van der Waals surface area contributed by atoms with Crippen molar-refractivity contribution in [3.8, 4) is 5.75 Å². The molecule has 0 spiro atoms. The maximum Gasteiger partial charge on any atom is 0.272 e. The van der Waals surface area contributed by atoms with Gasteiger partial charge in [-0.05, 0) is 49.8 Å². The topological polar surface area (TPSA) is 46.1 Å². The number of nitrogens with one attached hydrogen (secondary N) is 1. The van der Waals surface area contributed by atoms with Crippen LogP contribution in [0, 0.1) is 5.92 Å². The first-order valence-electron chi connectivity index (χ1n) is 9.65. The minimum absolute atomic E-state index is 0.445. The molecular weight excluding hydrogens is 352 g/mol. The lowest BCUT2D eigenvalue weighted by Gasteiger charge is -2.26. The number of benzene rings is 1. The number of aliphatic imine (C=N–C) groups is 1. The lowest BCUT2D eigenvalue weighted by molar-refractivity contribution is 0.0625. The van der Waals surface area contributed by atoms with Gasteiger partial charge in [-0.3, -0.25) is 0 Å². The summed E-state index contributed by atoms with van der Waals surface area (Å²) in [5, 5.41) is 3.32. The van der Waals surface area contributed by atoms with Crippen LogP contribution in [0.15, 0.2) is 29.3 Å². The molecule has 1 heterocycles. The van der Waals surface area contributed by atoms with E-state index in [1.165, 1.54) is 0 Å². The van der Waals surface area contributed by atoms with Gasteiger partial charge >= 0.3 is 0 Å². The number of hydrogen-bond donors (Lipinski definition) is 1. The van der Waals surface area contributed by atoms with Crippen LogP contribution in [0.1, 0.15) is 31.7 Å². The first kappa shape index (κ1) is 21.4. The highest BCUT2D eigenvalue weighted by molar-refractivity contribution is 5.79. The molecule has 1 N–H and O–H groups in total. The Kier molecular flexibility index (Phi) is 9.31. The Bertz CT molecular complexity index is 578. The van der Waals surface area contributed by atoms with Crippen molar-refractivity contribution in [3.05, 3.63) is 29.8 Å². The number of guanidine groups is 1. The molecule has 0 unspecified atom stereocenters. The molecule has 1 saturated heterocycles. The van der Waals surface area contributed by atoms with Crippen LogP contribution in [0.25, 0.3) is 0 Å². The zero-order valence-corrected chi connectivity index (χ0v) is 16.3. The van der Waals surface area contributed by atoms with E-state index in [9.17, 15) is 8.78 Å². The second-order valence-electron chi connectivity index (χ2n) is 6.79. The van der Waals surface area contributed by atoms with E-state index in [-0.39, 0.29) is 0 Å². The molecule has 2 rings (SSSR count). The first-order chi connectivity index (χ1) is 13.1. The minimum Gasteiger partial charge on any atom is -0.488 e. The van der Waals surface area contributed by atoms with Crippen LogP contribution in [-0.2, 0) is 11.3 Å². The number of rotatable bonds is 9. The van der Waals surface area contributed by atoms with Gasteiger partial charge in [-0.2, -0.15) is 0 Å². The monoisotopic (exact) mass is 383 g/mol. The Morgan fingerprint density at radius 1 is 1.37 bits per heavy atom. The van der Waals surface area contributed by atoms with Crippen LogP contribution in [-0.4, -0.2) is 57.2 Å². The van der Waals surface area contributed by atoms with E-state index >= 15 is 0 Å². The summed E-state index contributed by atoms with van der Waals surface area (Å²) in [6.45, 7) is 5.38. The third-order valence-corrected chi connectivity index (χ3v) is 4.60. The predicted octanol–water partition coefficient (Wildman–Crippen LogP) is 3.54. The number of halogens is 2. The molecule has 0 aliphatic carbocycles. The summed E-state index contributed by atoms with van der Waals surface area (Å²) in [6.07, 6.45) is 0.914. The lowest BCUT2D eigenvalue weighted by atomic mass is 9.96. The Hall–Kier alpha value is -1.89. The minimum atomic E-state index is -2.48. The van der Waals surface area contributed by atoms with Crippen molar-refractivity contribution in [3.63, 3.8) is 0 Å². The van der Waals surface area contributed by atoms with E-state index in [2.05, 4.69) is 15.2 Å². The molecular formula is C20H31F2N3O2. The van der Waals surface area contributed by atoms with Crippen molar-refractivity contribution in [2.45, 2.75) is 39.2 Å². The smallest absolute Gasteiger partial charge is 0.272 e. The summed E-state index contributed by atoms with van der Waals surface area (Å²) in [4.78, 5) is 6.84. The summed E-state index contributed by atoms with van der Waals surface area (Å²) in [6, 6.07) is 7.16. The third-order valence-electron chi connectivity index (χ3n) is 4.60. The van der Waals surface area contributed by atoms with Gasteiger partial charge in [0.2, 0.25) is 0 Å². The van der Waals surface area contributed by atoms with Gasteiger partial charge in [-0.25, -0.2) is 13.8 Å². The summed E-state index contributed by atoms with van der Waals surface area (Å²) < 4.78 is 35.1. The normalized spacial score (nSPS) is 15.8. The fourth-order valence-corrected chi connectivity index (χ4v) is 3.05. The van der Waals surface area contributed by atoms with E-state index < -0.39 is 13.0 Å². The molecule has 1 fully saturated rings. The average molecular weight is 383 g/mol. The van der Waals surface area contributed by atoms with Crippen LogP contribution in [0.5, 0.6) is 5.75 Å². The molecule has 0 saturated carbocycles. The maximum absolute atomic E-state index is 12.3. The van der Waals surface area contributed by atoms with Gasteiger partial charge in [0.05, 0.1) is 6.54 Å². The molecule has 7 heteroatoms. The van der Waals surface area contributed by atoms with Gasteiger partial charge in [0, 0.05) is 33.4 Å². The second kappa shape index (κ2) is 11.7. The number of hydrogen-bond acceptors (Lipinski definition) is 3. The van der Waals surface area contributed by atoms with E-state index in [0.717, 1.165) is 57.1 Å². The average Bonchev–Trinajstić information content (AvgIpc) is 2.69. The molecule has 0 aromatic heterocycles. The Labute approximate surface area is 160 Å². The Morgan fingerprint density at radius 3 is 2.85 bits per heavy atom. The molecule has 1 aliphatic rings. The Morgan fingerprint density at radius 2 is 2.15 bits per heavy atom. The van der Waals surface area contributed by atoms with E-state index in [4.69, 9.17) is 9.47 Å². The highest BCUT2D eigenvalue weighted by atomic mass is 19.3. The van der Waals surface area contributed by atoms with Crippen LogP contribution < -0.4 is 10.1 Å². The molecule has 5 nitrogen and oxygen atoms in total. The second-order valence-corrected chi connectivity index (χ2v) is 6.79. The molecule has 1 aliphatic heterocycles. The van der Waals surface area contributed by atoms with E-state index in [1.54, 1.807) is 18.2 Å². The van der Waals surface area contributed by atoms with Crippen LogP contribution >= 0.6 is 0 Å². The standard InChI is InChI=1S/C20H31F2N3O2/c1-3-23-20(25(2)10-7-16-8-11-26-12-9-16)24-14-17-5-4-6-18(13-17)27-15-19(21)22/h4-6,13,16,19H,3,7-12,14-15H2,1-2H3,(H,23,24). The highest BCUT2D eigenvalue weighted by Crippen LogP contribution is 2.19. The molecule has 0 radical (unpaired) electrons. The van der Waals surface area contributed by atoms with Crippen LogP contribution in [0.3, 0.4) is 0 Å². The third kappa shape index (κ3) is 8.12. The summed E-state index contributed by atoms with van der Waals surface area (Å²) in [7, 11) is 2.04. The summed E-state index contributed by atoms with van der Waals surface area (Å²) >= 11 is 0. The SMILES string of the molecule is CCNC(=NCc1cccc(OCC(F)F)c1)N(C)CCC1CCOCC1. The van der Waals surface area contributed by atoms with Crippen molar-refractivity contribution in [1.82, 2.24) is 10.2 Å². The molecule has 1 aromatic carbocycles. The van der Waals surface area contributed by atoms with Crippen LogP contribution in [0.2, 0.25) is 0 Å². The highest BCUT2D eigenvalue weighted by Gasteiger charge is 2.15. The van der Waals surface area contributed by atoms with Gasteiger partial charge in [0.15, 0.2) is 5.96 Å². The zero-order chi connectivity index (χ0) is 19.5. The van der Waals surface area contributed by atoms with E-state index in [1.807, 2.05) is 20.0 Å². The van der Waals surface area contributed by atoms with Crippen molar-refractivity contribution in [1.29, 1.82) is 0 Å². The van der Waals surface area contributed by atoms with Crippen LogP contribution in [0.4, 0.5) is 8.78 Å². The number of nitrogens with zero attached hydrogens (tertiary/aromatic N) is 2. The molecule has 1 aromatic rings. The first-order valence-corrected chi connectivity index (χ1v) is 9.65. The molecule has 27 heavy (non-hydrogen) atoms. The van der Waals surface area contributed by atoms with Crippen molar-refractivity contribution in [2.24, 2.45) is 10.9 Å². The summed E-state index contributed by atoms with van der Waals surface area (Å²) in [5.74, 6) is 2.01. The number of alkyl halides is 2. The quantitative estimate of drug-likeness (QED) is 0.523. The fourth-order valence-electron chi connectivity index (χ4n) is 3.05. The van der Waals surface area contributed by atoms with Gasteiger partial charge < -0.3 is 19.7 Å². The maximum atomic E-state index is 12.3. The molecule has 0 atom stereocenters. The molecule has 152 valence electrons. The fraction of sp³-hybridized carbons (Fsp3) is 0.650. The summed E-state index contributed by atoms with van der Waals surface area (Å²) in [5.41, 5.74) is 0.926. The van der Waals surface area contributed by atoms with Gasteiger partial charge in [0.1, 0.15) is 12.4 Å². The predicted molar refractivity (Wildman–Crippen MR) is 104 cm³/mol. The van der Waals surface area contributed by atoms with E-state index in [0.29, 0.717) is 18.2 Å². The Balaban J connectivity index is 1.90. The lowest BCUT2D eigenvalue weighted by Crippen LogP contribution is -2.40. The van der Waals surface area contributed by atoms with Gasteiger partial charge in [-0.15, -0.1) is 0 Å². The van der Waals surface area contributed by atoms with Gasteiger partial charge in [-0.1, -0.05) is 12.1 Å². The van der Waals surface area contributed by atoms with Gasteiger partial charge in [0.25, 0.3) is 6.43 Å². The van der Waals surface area contributed by atoms with Crippen molar-refractivity contribution >= 4 is 5.96 Å². The zero-order valence-electron chi connectivity index (χ0n) is 16.3. The number of ether oxygens (including phenoxy) is 2. The van der Waals surface area contributed by atoms with Crippen molar-refractivity contribution < 1.29 is 18.3 Å². The molecule has 0 amide bonds. The van der Waals surface area contributed by atoms with Crippen molar-refractivity contribution in [2.75, 3.05) is 40.0 Å². The molecule has 0 bridgehead atoms.